The van der Waals surface area contributed by atoms with Crippen LogP contribution in [0.2, 0.25) is 0 Å². The van der Waals surface area contributed by atoms with Gasteiger partial charge in [-0.05, 0) is 39.7 Å². The van der Waals surface area contributed by atoms with Crippen molar-refractivity contribution in [3.63, 3.8) is 0 Å². The molecule has 118 valence electrons. The third-order valence-electron chi connectivity index (χ3n) is 4.08. The zero-order valence-electron chi connectivity index (χ0n) is 12.5. The van der Waals surface area contributed by atoms with Gasteiger partial charge in [0.2, 0.25) is 0 Å². The van der Waals surface area contributed by atoms with Crippen LogP contribution in [0.1, 0.15) is 39.5 Å². The summed E-state index contributed by atoms with van der Waals surface area (Å²) in [6.45, 7) is 5.88. The van der Waals surface area contributed by atoms with E-state index in [1.807, 2.05) is 13.8 Å². The Morgan fingerprint density at radius 3 is 2.45 bits per heavy atom. The summed E-state index contributed by atoms with van der Waals surface area (Å²) in [6.07, 6.45) is 3.60. The molecule has 2 rings (SSSR count). The summed E-state index contributed by atoms with van der Waals surface area (Å²) in [5, 5.41) is 0. The van der Waals surface area contributed by atoms with Gasteiger partial charge in [0.05, 0.1) is 12.2 Å². The molecular weight excluding hydrogens is 278 g/mol. The molecule has 2 aliphatic rings. The average Bonchev–Trinajstić information content (AvgIpc) is 2.38. The quantitative estimate of drug-likeness (QED) is 0.823. The lowest BCUT2D eigenvalue weighted by molar-refractivity contribution is -0.0460. The summed E-state index contributed by atoms with van der Waals surface area (Å²) in [7, 11) is -3.39. The zero-order chi connectivity index (χ0) is 14.8. The Kier molecular flexibility index (Phi) is 5.42. The van der Waals surface area contributed by atoms with Gasteiger partial charge in [0.25, 0.3) is 10.2 Å². The van der Waals surface area contributed by atoms with Gasteiger partial charge in [-0.2, -0.15) is 17.0 Å². The molecule has 0 radical (unpaired) electrons. The van der Waals surface area contributed by atoms with Crippen molar-refractivity contribution in [2.75, 3.05) is 26.2 Å². The van der Waals surface area contributed by atoms with Crippen LogP contribution < -0.4 is 5.73 Å². The fourth-order valence-electron chi connectivity index (χ4n) is 3.23. The van der Waals surface area contributed by atoms with Crippen molar-refractivity contribution in [3.05, 3.63) is 0 Å². The summed E-state index contributed by atoms with van der Waals surface area (Å²) in [5.74, 6) is 0. The summed E-state index contributed by atoms with van der Waals surface area (Å²) >= 11 is 0. The average molecular weight is 305 g/mol. The minimum absolute atomic E-state index is 0.0497. The second kappa shape index (κ2) is 6.70. The lowest BCUT2D eigenvalue weighted by atomic mass is 10.0. The summed E-state index contributed by atoms with van der Waals surface area (Å²) in [5.41, 5.74) is 5.63. The van der Waals surface area contributed by atoms with Crippen molar-refractivity contribution in [3.8, 4) is 0 Å². The molecule has 0 saturated carbocycles. The smallest absolute Gasteiger partial charge is 0.282 e. The van der Waals surface area contributed by atoms with E-state index in [9.17, 15) is 8.42 Å². The van der Waals surface area contributed by atoms with Crippen LogP contribution in [0.4, 0.5) is 0 Å². The maximum absolute atomic E-state index is 12.9. The lowest BCUT2D eigenvalue weighted by Crippen LogP contribution is -2.56. The topological polar surface area (TPSA) is 75.9 Å². The van der Waals surface area contributed by atoms with E-state index >= 15 is 0 Å². The number of hydrogen-bond donors (Lipinski definition) is 1. The van der Waals surface area contributed by atoms with E-state index in [2.05, 4.69) is 0 Å². The molecule has 20 heavy (non-hydrogen) atoms. The molecule has 2 heterocycles. The van der Waals surface area contributed by atoms with Gasteiger partial charge in [-0.3, -0.25) is 0 Å². The first kappa shape index (κ1) is 16.2. The van der Waals surface area contributed by atoms with Crippen LogP contribution in [-0.4, -0.2) is 61.5 Å². The second-order valence-corrected chi connectivity index (χ2v) is 7.80. The van der Waals surface area contributed by atoms with Crippen LogP contribution in [0, 0.1) is 0 Å². The normalized spacial score (nSPS) is 34.2. The van der Waals surface area contributed by atoms with Crippen LogP contribution in [0.25, 0.3) is 0 Å². The number of hydrogen-bond acceptors (Lipinski definition) is 4. The molecule has 6 nitrogen and oxygen atoms in total. The van der Waals surface area contributed by atoms with Gasteiger partial charge in [-0.25, -0.2) is 0 Å². The van der Waals surface area contributed by atoms with Crippen molar-refractivity contribution in [1.29, 1.82) is 0 Å². The number of piperidine rings is 1. The predicted octanol–water partition coefficient (Wildman–Crippen LogP) is 0.544. The third-order valence-corrected chi connectivity index (χ3v) is 6.11. The van der Waals surface area contributed by atoms with Gasteiger partial charge in [-0.15, -0.1) is 0 Å². The number of nitrogens with two attached hydrogens (primary N) is 1. The van der Waals surface area contributed by atoms with Gasteiger partial charge in [0.15, 0.2) is 0 Å². The zero-order valence-corrected chi connectivity index (χ0v) is 13.3. The van der Waals surface area contributed by atoms with Gasteiger partial charge in [0, 0.05) is 25.7 Å². The van der Waals surface area contributed by atoms with E-state index < -0.39 is 10.2 Å². The first-order valence-corrected chi connectivity index (χ1v) is 8.97. The maximum atomic E-state index is 12.9. The molecule has 0 aromatic carbocycles. The molecule has 2 fully saturated rings. The summed E-state index contributed by atoms with van der Waals surface area (Å²) in [4.78, 5) is 0. The third kappa shape index (κ3) is 3.51. The van der Waals surface area contributed by atoms with Crippen molar-refractivity contribution < 1.29 is 13.2 Å². The van der Waals surface area contributed by atoms with Crippen molar-refractivity contribution >= 4 is 10.2 Å². The Morgan fingerprint density at radius 1 is 1.20 bits per heavy atom. The van der Waals surface area contributed by atoms with Crippen molar-refractivity contribution in [1.82, 2.24) is 8.61 Å². The van der Waals surface area contributed by atoms with Crippen molar-refractivity contribution in [2.45, 2.75) is 57.8 Å². The number of morpholine rings is 1. The van der Waals surface area contributed by atoms with E-state index in [0.29, 0.717) is 26.2 Å². The Morgan fingerprint density at radius 2 is 1.85 bits per heavy atom. The molecule has 2 N–H and O–H groups in total. The highest BCUT2D eigenvalue weighted by Gasteiger charge is 2.39. The van der Waals surface area contributed by atoms with Crippen LogP contribution in [0.3, 0.4) is 0 Å². The fraction of sp³-hybridized carbons (Fsp3) is 1.00. The molecule has 0 spiro atoms. The summed E-state index contributed by atoms with van der Waals surface area (Å²) < 4.78 is 34.6. The largest absolute Gasteiger partial charge is 0.373 e. The molecule has 7 heteroatoms. The lowest BCUT2D eigenvalue weighted by Gasteiger charge is -2.41. The van der Waals surface area contributed by atoms with Crippen LogP contribution in [0.15, 0.2) is 0 Å². The number of nitrogens with zero attached hydrogens (tertiary/aromatic N) is 2. The molecular formula is C13H27N3O3S. The maximum Gasteiger partial charge on any atom is 0.282 e. The molecule has 2 saturated heterocycles. The monoisotopic (exact) mass is 305 g/mol. The molecule has 0 aromatic rings. The molecule has 0 aliphatic carbocycles. The van der Waals surface area contributed by atoms with E-state index in [0.717, 1.165) is 25.7 Å². The van der Waals surface area contributed by atoms with E-state index in [1.54, 1.807) is 8.61 Å². The van der Waals surface area contributed by atoms with Crippen molar-refractivity contribution in [2.24, 2.45) is 5.73 Å². The minimum Gasteiger partial charge on any atom is -0.373 e. The van der Waals surface area contributed by atoms with E-state index in [1.165, 1.54) is 0 Å². The Hall–Kier alpha value is -0.210. The predicted molar refractivity (Wildman–Crippen MR) is 78.5 cm³/mol. The first-order valence-electron chi connectivity index (χ1n) is 7.57. The molecule has 0 bridgehead atoms. The Labute approximate surface area is 122 Å². The molecule has 0 amide bonds. The second-order valence-electron chi connectivity index (χ2n) is 5.92. The van der Waals surface area contributed by atoms with Crippen LogP contribution in [-0.2, 0) is 14.9 Å². The van der Waals surface area contributed by atoms with Crippen LogP contribution in [0.5, 0.6) is 0 Å². The molecule has 3 atom stereocenters. The van der Waals surface area contributed by atoms with E-state index in [-0.39, 0.29) is 18.2 Å². The van der Waals surface area contributed by atoms with Gasteiger partial charge >= 0.3 is 0 Å². The summed E-state index contributed by atoms with van der Waals surface area (Å²) in [6, 6.07) is 0.0622. The highest BCUT2D eigenvalue weighted by atomic mass is 32.2. The highest BCUT2D eigenvalue weighted by Crippen LogP contribution is 2.26. The fourth-order valence-corrected chi connectivity index (χ4v) is 5.27. The standard InChI is InChI=1S/C13H27N3O3S/c1-11-9-15(10-12(2)19-11)20(17,18)16-8-4-3-5-13(16)6-7-14/h11-13H,3-10,14H2,1-2H3. The first-order chi connectivity index (χ1) is 9.45. The Balaban J connectivity index is 2.14. The molecule has 3 unspecified atom stereocenters. The minimum atomic E-state index is -3.39. The van der Waals surface area contributed by atoms with Gasteiger partial charge < -0.3 is 10.5 Å². The van der Waals surface area contributed by atoms with Crippen LogP contribution >= 0.6 is 0 Å². The van der Waals surface area contributed by atoms with Gasteiger partial charge in [0.1, 0.15) is 0 Å². The molecule has 0 aromatic heterocycles. The SMILES string of the molecule is CC1CN(S(=O)(=O)N2CCCCC2CCN)CC(C)O1. The Bertz CT molecular complexity index is 403. The number of rotatable bonds is 4. The highest BCUT2D eigenvalue weighted by molar-refractivity contribution is 7.86. The van der Waals surface area contributed by atoms with Gasteiger partial charge in [-0.1, -0.05) is 6.42 Å². The molecule has 2 aliphatic heterocycles. The number of ether oxygens (including phenoxy) is 1. The van der Waals surface area contributed by atoms with E-state index in [4.69, 9.17) is 10.5 Å².